The predicted molar refractivity (Wildman–Crippen MR) is 118 cm³/mol. The van der Waals surface area contributed by atoms with Crippen LogP contribution in [0.15, 0.2) is 60.1 Å². The fourth-order valence-corrected chi connectivity index (χ4v) is 5.80. The van der Waals surface area contributed by atoms with Crippen molar-refractivity contribution in [3.05, 3.63) is 65.1 Å². The van der Waals surface area contributed by atoms with Gasteiger partial charge >= 0.3 is 0 Å². The van der Waals surface area contributed by atoms with Crippen LogP contribution in [0, 0.1) is 11.8 Å². The van der Waals surface area contributed by atoms with Gasteiger partial charge in [0.1, 0.15) is 12.4 Å². The lowest BCUT2D eigenvalue weighted by atomic mass is 9.78. The van der Waals surface area contributed by atoms with Crippen molar-refractivity contribution < 1.29 is 29.1 Å². The van der Waals surface area contributed by atoms with Gasteiger partial charge in [-0.05, 0) is 30.7 Å². The first-order valence-corrected chi connectivity index (χ1v) is 11.6. The number of ether oxygens (including phenoxy) is 1. The molecule has 2 aliphatic rings. The minimum Gasteiger partial charge on any atom is -0.543 e. The van der Waals surface area contributed by atoms with E-state index in [2.05, 4.69) is 9.55 Å². The molecule has 1 N–H and O–H groups in total. The number of hydrogen-bond acceptors (Lipinski definition) is 7. The molecular weight excluding hydrogens is 442 g/mol. The Kier molecular flexibility index (Phi) is 5.38. The fourth-order valence-electron chi connectivity index (χ4n) is 4.79. The summed E-state index contributed by atoms with van der Waals surface area (Å²) >= 11 is 1.58. The lowest BCUT2D eigenvalue weighted by Crippen LogP contribution is -2.64. The Bertz CT molecular complexity index is 1270. The number of hydrogen-bond donors (Lipinski definition) is 1. The summed E-state index contributed by atoms with van der Waals surface area (Å²) in [6.45, 7) is 4.10. The summed E-state index contributed by atoms with van der Waals surface area (Å²) in [7, 11) is 0. The van der Waals surface area contributed by atoms with Crippen molar-refractivity contribution in [1.29, 1.82) is 0 Å². The number of carbonyl (C=O) groups is 2. The van der Waals surface area contributed by atoms with Crippen molar-refractivity contribution in [2.75, 3.05) is 6.61 Å². The van der Waals surface area contributed by atoms with Gasteiger partial charge < -0.3 is 24.6 Å². The largest absolute Gasteiger partial charge is 0.543 e. The predicted octanol–water partition coefficient (Wildman–Crippen LogP) is 0.872. The smallest absolute Gasteiger partial charge is 0.235 e. The maximum atomic E-state index is 12.4. The summed E-state index contributed by atoms with van der Waals surface area (Å²) in [4.78, 5) is 30.2. The molecule has 33 heavy (non-hydrogen) atoms. The van der Waals surface area contributed by atoms with Gasteiger partial charge in [0.15, 0.2) is 23.9 Å². The fraction of sp³-hybridized carbons (Fsp3) is 0.333. The molecule has 0 unspecified atom stereocenters. The first-order chi connectivity index (χ1) is 15.8. The van der Waals surface area contributed by atoms with Crippen molar-refractivity contribution in [2.45, 2.75) is 32.5 Å². The third-order valence-corrected chi connectivity index (χ3v) is 7.41. The molecule has 0 radical (unpaired) electrons. The van der Waals surface area contributed by atoms with Crippen LogP contribution in [0.1, 0.15) is 18.9 Å². The molecule has 3 aromatic rings. The van der Waals surface area contributed by atoms with E-state index in [9.17, 15) is 19.8 Å². The van der Waals surface area contributed by atoms with E-state index in [-0.39, 0.29) is 30.2 Å². The van der Waals surface area contributed by atoms with Gasteiger partial charge in [0.25, 0.3) is 0 Å². The number of rotatable bonds is 7. The van der Waals surface area contributed by atoms with Crippen LogP contribution in [-0.2, 0) is 16.1 Å². The van der Waals surface area contributed by atoms with Gasteiger partial charge in [0, 0.05) is 18.1 Å². The van der Waals surface area contributed by atoms with Crippen molar-refractivity contribution in [3.63, 3.8) is 0 Å². The molecule has 1 amide bonds. The van der Waals surface area contributed by atoms with Gasteiger partial charge in [-0.2, -0.15) is 4.57 Å². The Morgan fingerprint density at radius 1 is 1.33 bits per heavy atom. The molecule has 0 bridgehead atoms. The average molecular weight is 466 g/mol. The molecule has 4 heterocycles. The molecule has 4 atom stereocenters. The molecule has 2 aromatic heterocycles. The lowest BCUT2D eigenvalue weighted by molar-refractivity contribution is -0.688. The van der Waals surface area contributed by atoms with Crippen LogP contribution in [-0.4, -0.2) is 45.6 Å². The molecule has 0 aliphatic carbocycles. The number of aromatic nitrogens is 2. The summed E-state index contributed by atoms with van der Waals surface area (Å²) in [5.41, 5.74) is 1.25. The zero-order valence-corrected chi connectivity index (χ0v) is 19.0. The van der Waals surface area contributed by atoms with Crippen molar-refractivity contribution in [1.82, 2.24) is 9.88 Å². The number of benzene rings is 1. The van der Waals surface area contributed by atoms with Gasteiger partial charge in [0.2, 0.25) is 5.91 Å². The van der Waals surface area contributed by atoms with E-state index >= 15 is 0 Å². The second-order valence-corrected chi connectivity index (χ2v) is 9.60. The number of pyridine rings is 1. The van der Waals surface area contributed by atoms with Crippen molar-refractivity contribution in [2.24, 2.45) is 11.8 Å². The number of amides is 1. The number of aliphatic carboxylic acids is 1. The maximum Gasteiger partial charge on any atom is 0.235 e. The Morgan fingerprint density at radius 3 is 2.79 bits per heavy atom. The molecule has 2 aliphatic heterocycles. The number of nitrogens with zero attached hydrogens (tertiary/aromatic N) is 3. The van der Waals surface area contributed by atoms with E-state index in [1.54, 1.807) is 24.3 Å². The Hall–Kier alpha value is -3.30. The van der Waals surface area contributed by atoms with E-state index in [1.165, 1.54) is 4.90 Å². The van der Waals surface area contributed by atoms with Gasteiger partial charge in [-0.25, -0.2) is 4.98 Å². The molecule has 0 saturated carbocycles. The highest BCUT2D eigenvalue weighted by Crippen LogP contribution is 2.47. The Morgan fingerprint density at radius 2 is 2.09 bits per heavy atom. The lowest BCUT2D eigenvalue weighted by Gasteiger charge is -2.47. The topological polar surface area (TPSA) is 107 Å². The summed E-state index contributed by atoms with van der Waals surface area (Å²) < 4.78 is 8.98. The van der Waals surface area contributed by atoms with Crippen LogP contribution < -0.4 is 14.4 Å². The van der Waals surface area contributed by atoms with Crippen LogP contribution in [0.4, 0.5) is 0 Å². The summed E-state index contributed by atoms with van der Waals surface area (Å²) in [5.74, 6) is -2.06. The summed E-state index contributed by atoms with van der Waals surface area (Å²) in [5, 5.41) is 22.7. The monoisotopic (exact) mass is 465 g/mol. The molecule has 0 spiro atoms. The standard InChI is InChI=1S/C24H23N3O5S/c1-13-16(22(24(30)31)27-21(13)20(14(2)28)23(27)29)12-32-15-6-7-17-18(10-15)33-19(25-17)11-26-8-4-3-5-9-26/h3-10,13-14,20-21,28H,11-12H2,1-2H3/t13-,14+,20+,21+/m0/s1. The quantitative estimate of drug-likeness (QED) is 0.410. The molecule has 9 heteroatoms. The van der Waals surface area contributed by atoms with Crippen molar-refractivity contribution >= 4 is 33.4 Å². The summed E-state index contributed by atoms with van der Waals surface area (Å²) in [6.07, 6.45) is 3.13. The number of aliphatic hydroxyl groups is 1. The first kappa shape index (κ1) is 21.5. The third kappa shape index (κ3) is 3.67. The van der Waals surface area contributed by atoms with Gasteiger partial charge in [0.05, 0.1) is 39.9 Å². The molecule has 1 saturated heterocycles. The Labute approximate surface area is 194 Å². The van der Waals surface area contributed by atoms with Gasteiger partial charge in [-0.1, -0.05) is 13.0 Å². The average Bonchev–Trinajstić information content (AvgIpc) is 3.28. The maximum absolute atomic E-state index is 12.4. The van der Waals surface area contributed by atoms with Crippen molar-refractivity contribution in [3.8, 4) is 5.75 Å². The molecule has 5 rings (SSSR count). The van der Waals surface area contributed by atoms with Crippen LogP contribution in [0.3, 0.4) is 0 Å². The molecule has 170 valence electrons. The molecule has 8 nitrogen and oxygen atoms in total. The minimum absolute atomic E-state index is 0.0221. The number of fused-ring (bicyclic) bond motifs is 2. The number of aliphatic hydroxyl groups excluding tert-OH is 1. The Balaban J connectivity index is 1.35. The van der Waals surface area contributed by atoms with Crippen LogP contribution in [0.5, 0.6) is 5.75 Å². The highest BCUT2D eigenvalue weighted by atomic mass is 32.1. The SMILES string of the molecule is C[C@@H](O)[C@H]1C(=O)N2C(C(=O)[O-])=C(COc3ccc4nc(C[n+]5ccccc5)sc4c3)[C@H](C)[C@H]12. The van der Waals surface area contributed by atoms with E-state index in [0.29, 0.717) is 17.9 Å². The number of carboxylic acids is 1. The summed E-state index contributed by atoms with van der Waals surface area (Å²) in [6, 6.07) is 11.1. The first-order valence-electron chi connectivity index (χ1n) is 10.8. The van der Waals surface area contributed by atoms with Crippen LogP contribution >= 0.6 is 11.3 Å². The van der Waals surface area contributed by atoms with E-state index < -0.39 is 18.0 Å². The second kappa shape index (κ2) is 8.24. The highest BCUT2D eigenvalue weighted by molar-refractivity contribution is 7.18. The normalized spacial score (nSPS) is 22.9. The zero-order chi connectivity index (χ0) is 23.3. The van der Waals surface area contributed by atoms with Gasteiger partial charge in [-0.3, -0.25) is 4.79 Å². The van der Waals surface area contributed by atoms with Gasteiger partial charge in [-0.15, -0.1) is 11.3 Å². The minimum atomic E-state index is -1.40. The third-order valence-electron chi connectivity index (χ3n) is 6.40. The van der Waals surface area contributed by atoms with Crippen LogP contribution in [0.2, 0.25) is 0 Å². The number of β-lactam (4-membered cyclic amide) rings is 1. The van der Waals surface area contributed by atoms with Crippen LogP contribution in [0.25, 0.3) is 10.2 Å². The second-order valence-electron chi connectivity index (χ2n) is 8.49. The van der Waals surface area contributed by atoms with E-state index in [0.717, 1.165) is 15.2 Å². The highest BCUT2D eigenvalue weighted by Gasteiger charge is 2.58. The van der Waals surface area contributed by atoms with E-state index in [1.807, 2.05) is 49.6 Å². The number of thiazole rings is 1. The number of carbonyl (C=O) groups excluding carboxylic acids is 2. The zero-order valence-electron chi connectivity index (χ0n) is 18.2. The molecule has 1 fully saturated rings. The number of carboxylic acid groups (broad SMARTS) is 1. The molecule has 1 aromatic carbocycles. The van der Waals surface area contributed by atoms with E-state index in [4.69, 9.17) is 4.74 Å². The molecular formula is C24H23N3O5S.